The smallest absolute Gasteiger partial charge is 0.160 e. The summed E-state index contributed by atoms with van der Waals surface area (Å²) in [5.41, 5.74) is 0.885. The van der Waals surface area contributed by atoms with Gasteiger partial charge in [0.1, 0.15) is 12.4 Å². The number of ether oxygens (including phenoxy) is 3. The number of nitrogens with one attached hydrogen (secondary N) is 1. The van der Waals surface area contributed by atoms with Gasteiger partial charge < -0.3 is 19.5 Å². The summed E-state index contributed by atoms with van der Waals surface area (Å²) in [6.07, 6.45) is 2.65. The molecule has 1 aromatic heterocycles. The average Bonchev–Trinajstić information content (AvgIpc) is 2.47. The molecule has 6 heteroatoms. The molecule has 0 saturated heterocycles. The van der Waals surface area contributed by atoms with E-state index in [1.54, 1.807) is 13.3 Å². The van der Waals surface area contributed by atoms with Gasteiger partial charge in [-0.25, -0.2) is 9.97 Å². The molecule has 0 aliphatic carbocycles. The third-order valence-corrected chi connectivity index (χ3v) is 2.83. The fourth-order valence-corrected chi connectivity index (χ4v) is 1.73. The van der Waals surface area contributed by atoms with Gasteiger partial charge in [0.2, 0.25) is 0 Å². The van der Waals surface area contributed by atoms with Crippen molar-refractivity contribution in [1.29, 1.82) is 0 Å². The van der Waals surface area contributed by atoms with Crippen LogP contribution in [0.25, 0.3) is 0 Å². The molecule has 1 aromatic rings. The van der Waals surface area contributed by atoms with Gasteiger partial charge in [0.15, 0.2) is 5.75 Å². The monoisotopic (exact) mass is 297 g/mol. The maximum atomic E-state index is 5.71. The van der Waals surface area contributed by atoms with Crippen LogP contribution >= 0.6 is 0 Å². The molecule has 0 radical (unpaired) electrons. The fourth-order valence-electron chi connectivity index (χ4n) is 1.73. The predicted octanol–water partition coefficient (Wildman–Crippen LogP) is 1.75. The van der Waals surface area contributed by atoms with Gasteiger partial charge in [0, 0.05) is 32.8 Å². The number of hydrogen-bond donors (Lipinski definition) is 1. The van der Waals surface area contributed by atoms with Crippen molar-refractivity contribution in [1.82, 2.24) is 15.3 Å². The van der Waals surface area contributed by atoms with E-state index in [0.717, 1.165) is 24.5 Å². The highest BCUT2D eigenvalue weighted by Gasteiger charge is 2.10. The second-order valence-corrected chi connectivity index (χ2v) is 5.03. The van der Waals surface area contributed by atoms with E-state index in [2.05, 4.69) is 29.1 Å². The van der Waals surface area contributed by atoms with Crippen LogP contribution in [-0.4, -0.2) is 50.6 Å². The van der Waals surface area contributed by atoms with E-state index in [-0.39, 0.29) is 0 Å². The molecular formula is C15H27N3O3. The zero-order valence-electron chi connectivity index (χ0n) is 13.5. The summed E-state index contributed by atoms with van der Waals surface area (Å²) < 4.78 is 16.1. The number of rotatable bonds is 11. The quantitative estimate of drug-likeness (QED) is 0.628. The van der Waals surface area contributed by atoms with Crippen molar-refractivity contribution < 1.29 is 14.2 Å². The SMILES string of the molecule is CNCc1nc(C(C)C)ncc1OCCOCCCOC. The van der Waals surface area contributed by atoms with E-state index in [1.807, 2.05) is 7.05 Å². The lowest BCUT2D eigenvalue weighted by atomic mass is 10.2. The molecule has 0 spiro atoms. The third-order valence-electron chi connectivity index (χ3n) is 2.83. The van der Waals surface area contributed by atoms with Gasteiger partial charge in [-0.3, -0.25) is 0 Å². The van der Waals surface area contributed by atoms with E-state index in [0.29, 0.717) is 38.0 Å². The zero-order chi connectivity index (χ0) is 15.5. The molecule has 1 rings (SSSR count). The highest BCUT2D eigenvalue weighted by atomic mass is 16.5. The normalized spacial score (nSPS) is 11.1. The molecule has 0 atom stereocenters. The molecule has 21 heavy (non-hydrogen) atoms. The summed E-state index contributed by atoms with van der Waals surface area (Å²) in [6, 6.07) is 0. The van der Waals surface area contributed by atoms with E-state index >= 15 is 0 Å². The second kappa shape index (κ2) is 10.5. The van der Waals surface area contributed by atoms with Gasteiger partial charge in [-0.15, -0.1) is 0 Å². The Morgan fingerprint density at radius 1 is 1.19 bits per heavy atom. The minimum absolute atomic E-state index is 0.304. The Morgan fingerprint density at radius 3 is 2.67 bits per heavy atom. The Morgan fingerprint density at radius 2 is 2.00 bits per heavy atom. The molecule has 1 N–H and O–H groups in total. The van der Waals surface area contributed by atoms with Crippen LogP contribution in [0.5, 0.6) is 5.75 Å². The van der Waals surface area contributed by atoms with Gasteiger partial charge in [0.25, 0.3) is 0 Å². The summed E-state index contributed by atoms with van der Waals surface area (Å²) in [6.45, 7) is 7.26. The number of methoxy groups -OCH3 is 1. The van der Waals surface area contributed by atoms with Crippen LogP contribution in [0.15, 0.2) is 6.20 Å². The molecule has 1 heterocycles. The molecule has 0 aliphatic heterocycles. The number of nitrogens with zero attached hydrogens (tertiary/aromatic N) is 2. The molecule has 0 aliphatic rings. The van der Waals surface area contributed by atoms with Crippen LogP contribution in [0.1, 0.15) is 37.7 Å². The number of aromatic nitrogens is 2. The Labute approximate surface area is 127 Å². The molecule has 0 fully saturated rings. The Hall–Kier alpha value is -1.24. The van der Waals surface area contributed by atoms with Crippen LogP contribution in [0.3, 0.4) is 0 Å². The molecule has 0 amide bonds. The zero-order valence-corrected chi connectivity index (χ0v) is 13.5. The van der Waals surface area contributed by atoms with Gasteiger partial charge in [0.05, 0.1) is 18.5 Å². The minimum Gasteiger partial charge on any atom is -0.488 e. The summed E-state index contributed by atoms with van der Waals surface area (Å²) >= 11 is 0. The lowest BCUT2D eigenvalue weighted by Gasteiger charge is -2.13. The Kier molecular flexibility index (Phi) is 8.89. The van der Waals surface area contributed by atoms with Gasteiger partial charge >= 0.3 is 0 Å². The van der Waals surface area contributed by atoms with Crippen molar-refractivity contribution in [2.75, 3.05) is 40.6 Å². The number of hydrogen-bond acceptors (Lipinski definition) is 6. The first-order valence-corrected chi connectivity index (χ1v) is 7.39. The average molecular weight is 297 g/mol. The van der Waals surface area contributed by atoms with Gasteiger partial charge in [-0.1, -0.05) is 13.8 Å². The Bertz CT molecular complexity index is 400. The van der Waals surface area contributed by atoms with Crippen LogP contribution in [-0.2, 0) is 16.0 Å². The van der Waals surface area contributed by atoms with Crippen molar-refractivity contribution >= 4 is 0 Å². The van der Waals surface area contributed by atoms with E-state index < -0.39 is 0 Å². The fraction of sp³-hybridized carbons (Fsp3) is 0.733. The first-order valence-electron chi connectivity index (χ1n) is 7.39. The van der Waals surface area contributed by atoms with Crippen molar-refractivity contribution in [3.8, 4) is 5.75 Å². The summed E-state index contributed by atoms with van der Waals surface area (Å²) in [7, 11) is 3.58. The van der Waals surface area contributed by atoms with E-state index in [1.165, 1.54) is 0 Å². The van der Waals surface area contributed by atoms with E-state index in [9.17, 15) is 0 Å². The topological polar surface area (TPSA) is 65.5 Å². The van der Waals surface area contributed by atoms with Crippen molar-refractivity contribution in [3.05, 3.63) is 17.7 Å². The minimum atomic E-state index is 0.304. The molecule has 0 unspecified atom stereocenters. The lowest BCUT2D eigenvalue weighted by molar-refractivity contribution is 0.0801. The van der Waals surface area contributed by atoms with Crippen molar-refractivity contribution in [3.63, 3.8) is 0 Å². The lowest BCUT2D eigenvalue weighted by Crippen LogP contribution is -2.14. The summed E-state index contributed by atoms with van der Waals surface area (Å²) in [4.78, 5) is 8.88. The van der Waals surface area contributed by atoms with Crippen LogP contribution < -0.4 is 10.1 Å². The highest BCUT2D eigenvalue weighted by Crippen LogP contribution is 2.18. The van der Waals surface area contributed by atoms with Crippen LogP contribution in [0.4, 0.5) is 0 Å². The van der Waals surface area contributed by atoms with Gasteiger partial charge in [-0.05, 0) is 13.5 Å². The largest absolute Gasteiger partial charge is 0.488 e. The molecule has 120 valence electrons. The molecule has 0 aromatic carbocycles. The summed E-state index contributed by atoms with van der Waals surface area (Å²) in [5, 5.41) is 3.10. The van der Waals surface area contributed by atoms with Gasteiger partial charge in [-0.2, -0.15) is 0 Å². The molecule has 0 bridgehead atoms. The van der Waals surface area contributed by atoms with Crippen molar-refractivity contribution in [2.45, 2.75) is 32.7 Å². The molecule has 0 saturated carbocycles. The maximum absolute atomic E-state index is 5.71. The highest BCUT2D eigenvalue weighted by molar-refractivity contribution is 5.25. The predicted molar refractivity (Wildman–Crippen MR) is 81.7 cm³/mol. The Balaban J connectivity index is 2.42. The van der Waals surface area contributed by atoms with Crippen LogP contribution in [0.2, 0.25) is 0 Å². The third kappa shape index (κ3) is 6.84. The first-order chi connectivity index (χ1) is 10.2. The molecular weight excluding hydrogens is 270 g/mol. The first kappa shape index (κ1) is 17.8. The van der Waals surface area contributed by atoms with E-state index in [4.69, 9.17) is 14.2 Å². The second-order valence-electron chi connectivity index (χ2n) is 5.03. The van der Waals surface area contributed by atoms with Crippen LogP contribution in [0, 0.1) is 0 Å². The molecule has 6 nitrogen and oxygen atoms in total. The van der Waals surface area contributed by atoms with Crippen molar-refractivity contribution in [2.24, 2.45) is 0 Å². The standard InChI is InChI=1S/C15H27N3O3/c1-12(2)15-17-11-14(13(18-15)10-16-3)21-9-8-20-7-5-6-19-4/h11-12,16H,5-10H2,1-4H3. The summed E-state index contributed by atoms with van der Waals surface area (Å²) in [5.74, 6) is 1.86. The maximum Gasteiger partial charge on any atom is 0.160 e.